The van der Waals surface area contributed by atoms with Gasteiger partial charge in [0.25, 0.3) is 5.95 Å². The quantitative estimate of drug-likeness (QED) is 0.170. The Morgan fingerprint density at radius 3 is 2.48 bits per heavy atom. The molecule has 0 radical (unpaired) electrons. The lowest BCUT2D eigenvalue weighted by atomic mass is 10.1. The third-order valence-electron chi connectivity index (χ3n) is 4.29. The zero-order chi connectivity index (χ0) is 22.4. The molecule has 3 rings (SSSR count). The molecular formula is C20H21FN6O3S. The summed E-state index contributed by atoms with van der Waals surface area (Å²) in [5.41, 5.74) is 4.56. The lowest BCUT2D eigenvalue weighted by Gasteiger charge is -2.09. The summed E-state index contributed by atoms with van der Waals surface area (Å²) in [6.07, 6.45) is 0. The predicted molar refractivity (Wildman–Crippen MR) is 117 cm³/mol. The summed E-state index contributed by atoms with van der Waals surface area (Å²) in [5, 5.41) is 12.4. The Labute approximate surface area is 182 Å². The molecule has 3 aromatic rings. The van der Waals surface area contributed by atoms with Crippen molar-refractivity contribution in [1.82, 2.24) is 14.9 Å². The van der Waals surface area contributed by atoms with E-state index in [0.29, 0.717) is 27.9 Å². The van der Waals surface area contributed by atoms with E-state index in [9.17, 15) is 9.18 Å². The van der Waals surface area contributed by atoms with Crippen LogP contribution in [0.1, 0.15) is 22.8 Å². The molecule has 0 fully saturated rings. The number of thioether (sulfide) groups is 1. The van der Waals surface area contributed by atoms with Gasteiger partial charge in [-0.2, -0.15) is 5.10 Å². The number of carbonyl (C=O) groups is 1. The monoisotopic (exact) mass is 444 g/mol. The number of benzene rings is 2. The van der Waals surface area contributed by atoms with Crippen molar-refractivity contribution in [3.8, 4) is 11.5 Å². The number of carbonyl (C=O) groups excluding carboxylic acids is 1. The maximum absolute atomic E-state index is 13.0. The molecule has 0 aliphatic heterocycles. The minimum atomic E-state index is -0.324. The second-order valence-electron chi connectivity index (χ2n) is 6.27. The summed E-state index contributed by atoms with van der Waals surface area (Å²) in [6, 6.07) is 10.9. The first-order valence-electron chi connectivity index (χ1n) is 9.07. The normalized spacial score (nSPS) is 11.3. The molecule has 0 aliphatic rings. The minimum Gasteiger partial charge on any atom is -0.493 e. The summed E-state index contributed by atoms with van der Waals surface area (Å²) in [5.74, 6) is 6.86. The van der Waals surface area contributed by atoms with E-state index in [1.165, 1.54) is 31.0 Å². The van der Waals surface area contributed by atoms with Crippen molar-refractivity contribution in [2.75, 3.05) is 31.2 Å². The van der Waals surface area contributed by atoms with Gasteiger partial charge in [0.2, 0.25) is 5.16 Å². The highest BCUT2D eigenvalue weighted by Crippen LogP contribution is 2.28. The average Bonchev–Trinajstić information content (AvgIpc) is 3.14. The summed E-state index contributed by atoms with van der Waals surface area (Å²) in [6.45, 7) is 1.76. The fraction of sp³-hybridized carbons (Fsp3) is 0.200. The molecule has 0 bridgehead atoms. The third-order valence-corrected chi connectivity index (χ3v) is 5.23. The van der Waals surface area contributed by atoms with E-state index in [1.54, 1.807) is 37.3 Å². The number of nitrogens with two attached hydrogens (primary N) is 1. The molecule has 0 aliphatic carbocycles. The molecule has 0 spiro atoms. The van der Waals surface area contributed by atoms with E-state index in [2.05, 4.69) is 20.7 Å². The summed E-state index contributed by atoms with van der Waals surface area (Å²) >= 11 is 1.14. The Bertz CT molecular complexity index is 1100. The Hall–Kier alpha value is -3.60. The van der Waals surface area contributed by atoms with Gasteiger partial charge in [-0.1, -0.05) is 23.9 Å². The molecule has 2 aromatic carbocycles. The molecule has 9 nitrogen and oxygen atoms in total. The van der Waals surface area contributed by atoms with Crippen molar-refractivity contribution in [1.29, 1.82) is 0 Å². The number of aromatic nitrogens is 3. The number of rotatable bonds is 9. The predicted octanol–water partition coefficient (Wildman–Crippen LogP) is 2.96. The number of hydrazone groups is 1. The van der Waals surface area contributed by atoms with Crippen molar-refractivity contribution in [3.05, 3.63) is 59.4 Å². The SMILES string of the molecule is COc1ccc(C(=O)CSc2nnc(N/N=C(\C)c3ccc(F)cc3)n2N)cc1OC. The number of nitrogen functional groups attached to an aromatic ring is 1. The van der Waals surface area contributed by atoms with E-state index >= 15 is 0 Å². The zero-order valence-corrected chi connectivity index (χ0v) is 17.9. The lowest BCUT2D eigenvalue weighted by molar-refractivity contribution is 0.102. The van der Waals surface area contributed by atoms with Gasteiger partial charge in [-0.05, 0) is 42.8 Å². The molecule has 0 saturated heterocycles. The first-order valence-corrected chi connectivity index (χ1v) is 10.1. The largest absolute Gasteiger partial charge is 0.493 e. The van der Waals surface area contributed by atoms with Crippen molar-refractivity contribution in [3.63, 3.8) is 0 Å². The van der Waals surface area contributed by atoms with Crippen LogP contribution in [0, 0.1) is 5.82 Å². The molecule has 0 amide bonds. The van der Waals surface area contributed by atoms with Gasteiger partial charge in [0.05, 0.1) is 25.7 Å². The number of halogens is 1. The van der Waals surface area contributed by atoms with Crippen LogP contribution >= 0.6 is 11.8 Å². The zero-order valence-electron chi connectivity index (χ0n) is 17.1. The summed E-state index contributed by atoms with van der Waals surface area (Å²) in [4.78, 5) is 12.5. The van der Waals surface area contributed by atoms with Gasteiger partial charge in [-0.25, -0.2) is 14.5 Å². The lowest BCUT2D eigenvalue weighted by Crippen LogP contribution is -2.14. The smallest absolute Gasteiger partial charge is 0.264 e. The van der Waals surface area contributed by atoms with Crippen LogP contribution in [-0.2, 0) is 0 Å². The fourth-order valence-corrected chi connectivity index (χ4v) is 3.32. The highest BCUT2D eigenvalue weighted by atomic mass is 32.2. The molecule has 3 N–H and O–H groups in total. The second kappa shape index (κ2) is 9.94. The Kier molecular flexibility index (Phi) is 7.08. The van der Waals surface area contributed by atoms with Gasteiger partial charge in [0.15, 0.2) is 17.3 Å². The van der Waals surface area contributed by atoms with Gasteiger partial charge in [-0.15, -0.1) is 10.2 Å². The number of ether oxygens (including phenoxy) is 2. The summed E-state index contributed by atoms with van der Waals surface area (Å²) in [7, 11) is 3.03. The molecule has 0 saturated carbocycles. The summed E-state index contributed by atoms with van der Waals surface area (Å²) < 4.78 is 24.6. The maximum atomic E-state index is 13.0. The van der Waals surface area contributed by atoms with Crippen LogP contribution in [0.5, 0.6) is 11.5 Å². The Morgan fingerprint density at radius 2 is 1.81 bits per heavy atom. The first kappa shape index (κ1) is 22.1. The molecule has 1 aromatic heterocycles. The van der Waals surface area contributed by atoms with E-state index in [1.807, 2.05) is 0 Å². The highest BCUT2D eigenvalue weighted by Gasteiger charge is 2.15. The third kappa shape index (κ3) is 5.31. The maximum Gasteiger partial charge on any atom is 0.264 e. The molecule has 0 unspecified atom stereocenters. The van der Waals surface area contributed by atoms with E-state index in [-0.39, 0.29) is 23.3 Å². The van der Waals surface area contributed by atoms with Gasteiger partial charge >= 0.3 is 0 Å². The number of nitrogens with one attached hydrogen (secondary N) is 1. The van der Waals surface area contributed by atoms with Gasteiger partial charge in [0, 0.05) is 5.56 Å². The molecule has 0 atom stereocenters. The number of nitrogens with zero attached hydrogens (tertiary/aromatic N) is 4. The second-order valence-corrected chi connectivity index (χ2v) is 7.22. The minimum absolute atomic E-state index is 0.0999. The van der Waals surface area contributed by atoms with Gasteiger partial charge in [-0.3, -0.25) is 4.79 Å². The topological polar surface area (TPSA) is 117 Å². The van der Waals surface area contributed by atoms with Crippen LogP contribution in [-0.4, -0.2) is 46.3 Å². The highest BCUT2D eigenvalue weighted by molar-refractivity contribution is 7.99. The molecule has 162 valence electrons. The number of Topliss-reactive ketones (excluding diaryl/α,β-unsaturated/α-hetero) is 1. The van der Waals surface area contributed by atoms with Crippen LogP contribution < -0.4 is 20.7 Å². The van der Waals surface area contributed by atoms with Crippen LogP contribution in [0.4, 0.5) is 10.3 Å². The first-order chi connectivity index (χ1) is 14.9. The number of anilines is 1. The molecule has 11 heteroatoms. The number of hydrogen-bond acceptors (Lipinski definition) is 9. The van der Waals surface area contributed by atoms with Gasteiger partial charge < -0.3 is 15.3 Å². The van der Waals surface area contributed by atoms with Crippen molar-refractivity contribution >= 4 is 29.2 Å². The van der Waals surface area contributed by atoms with E-state index in [4.69, 9.17) is 15.3 Å². The average molecular weight is 444 g/mol. The molecule has 1 heterocycles. The van der Waals surface area contributed by atoms with E-state index < -0.39 is 0 Å². The van der Waals surface area contributed by atoms with E-state index in [0.717, 1.165) is 17.3 Å². The van der Waals surface area contributed by atoms with Crippen molar-refractivity contribution < 1.29 is 18.7 Å². The molecular weight excluding hydrogens is 423 g/mol. The van der Waals surface area contributed by atoms with Crippen molar-refractivity contribution in [2.24, 2.45) is 5.10 Å². The number of hydrogen-bond donors (Lipinski definition) is 2. The standard InChI is InChI=1S/C20H21FN6O3S/c1-12(13-4-7-15(21)8-5-13)23-24-19-25-26-20(27(19)22)31-11-16(28)14-6-9-17(29-2)18(10-14)30-3/h4-10H,11,22H2,1-3H3,(H,24,25)/b23-12+. The Balaban J connectivity index is 1.63. The number of methoxy groups -OCH3 is 2. The Morgan fingerprint density at radius 1 is 1.13 bits per heavy atom. The van der Waals surface area contributed by atoms with Gasteiger partial charge in [0.1, 0.15) is 5.82 Å². The van der Waals surface area contributed by atoms with Crippen LogP contribution in [0.25, 0.3) is 0 Å². The molecule has 31 heavy (non-hydrogen) atoms. The van der Waals surface area contributed by atoms with Crippen LogP contribution in [0.3, 0.4) is 0 Å². The van der Waals surface area contributed by atoms with Crippen LogP contribution in [0.15, 0.2) is 52.7 Å². The fourth-order valence-electron chi connectivity index (χ4n) is 2.56. The van der Waals surface area contributed by atoms with Crippen LogP contribution in [0.2, 0.25) is 0 Å². The number of ketones is 1. The van der Waals surface area contributed by atoms with Crippen molar-refractivity contribution in [2.45, 2.75) is 12.1 Å².